The summed E-state index contributed by atoms with van der Waals surface area (Å²) in [5.41, 5.74) is 1.84. The molecule has 2 aromatic carbocycles. The molecule has 0 atom stereocenters. The summed E-state index contributed by atoms with van der Waals surface area (Å²) in [6, 6.07) is 12.7. The van der Waals surface area contributed by atoms with Crippen LogP contribution in [0.3, 0.4) is 0 Å². The number of amides is 1. The molecule has 0 aromatic heterocycles. The second-order valence-corrected chi connectivity index (χ2v) is 6.47. The Morgan fingerprint density at radius 1 is 1.12 bits per heavy atom. The molecule has 0 bridgehead atoms. The highest BCUT2D eigenvalue weighted by molar-refractivity contribution is 6.34. The van der Waals surface area contributed by atoms with Crippen LogP contribution < -0.4 is 15.0 Å². The van der Waals surface area contributed by atoms with Gasteiger partial charge in [-0.15, -0.1) is 0 Å². The van der Waals surface area contributed by atoms with Crippen LogP contribution in [-0.2, 0) is 4.79 Å². The molecule has 1 aliphatic rings. The summed E-state index contributed by atoms with van der Waals surface area (Å²) in [5.74, 6) is 0.157. The summed E-state index contributed by atoms with van der Waals surface area (Å²) in [5, 5.41) is 3.84. The number of carbonyl (C=O) groups excluding carboxylic acids is 1. The van der Waals surface area contributed by atoms with Crippen molar-refractivity contribution in [1.82, 2.24) is 0 Å². The second-order valence-electron chi connectivity index (χ2n) is 5.62. The smallest absolute Gasteiger partial charge is 0.262 e. The Balaban J connectivity index is 1.64. The number of nitrogens with zero attached hydrogens (tertiary/aromatic N) is 1. The van der Waals surface area contributed by atoms with Crippen LogP contribution in [0.15, 0.2) is 42.5 Å². The Morgan fingerprint density at radius 3 is 2.67 bits per heavy atom. The van der Waals surface area contributed by atoms with Crippen LogP contribution in [0, 0.1) is 0 Å². The average molecular weight is 365 g/mol. The quantitative estimate of drug-likeness (QED) is 0.841. The van der Waals surface area contributed by atoms with E-state index in [9.17, 15) is 4.79 Å². The molecule has 6 heteroatoms. The number of para-hydroxylation sites is 2. The van der Waals surface area contributed by atoms with Gasteiger partial charge in [0.1, 0.15) is 5.75 Å². The number of anilines is 2. The van der Waals surface area contributed by atoms with Gasteiger partial charge in [-0.2, -0.15) is 0 Å². The Bertz CT molecular complexity index is 731. The van der Waals surface area contributed by atoms with Crippen LogP contribution in [0.4, 0.5) is 11.4 Å². The van der Waals surface area contributed by atoms with Crippen molar-refractivity contribution in [1.29, 1.82) is 0 Å². The van der Waals surface area contributed by atoms with E-state index in [1.54, 1.807) is 18.2 Å². The summed E-state index contributed by atoms with van der Waals surface area (Å²) in [7, 11) is 0. The van der Waals surface area contributed by atoms with Gasteiger partial charge in [-0.1, -0.05) is 35.3 Å². The van der Waals surface area contributed by atoms with Crippen molar-refractivity contribution >= 4 is 40.5 Å². The van der Waals surface area contributed by atoms with Gasteiger partial charge in [0, 0.05) is 24.2 Å². The van der Waals surface area contributed by atoms with Crippen molar-refractivity contribution in [3.05, 3.63) is 52.5 Å². The highest BCUT2D eigenvalue weighted by Gasteiger charge is 2.16. The predicted octanol–water partition coefficient (Wildman–Crippen LogP) is 4.61. The molecule has 1 N–H and O–H groups in total. The van der Waals surface area contributed by atoms with E-state index in [0.29, 0.717) is 15.8 Å². The lowest BCUT2D eigenvalue weighted by Crippen LogP contribution is -2.24. The number of halogens is 2. The lowest BCUT2D eigenvalue weighted by Gasteiger charge is -2.21. The number of nitrogens with one attached hydrogen (secondary N) is 1. The average Bonchev–Trinajstić information content (AvgIpc) is 3.10. The summed E-state index contributed by atoms with van der Waals surface area (Å²) >= 11 is 11.9. The molecule has 3 rings (SSSR count). The fraction of sp³-hybridized carbons (Fsp3) is 0.278. The summed E-state index contributed by atoms with van der Waals surface area (Å²) in [6.07, 6.45) is 2.36. The summed E-state index contributed by atoms with van der Waals surface area (Å²) in [4.78, 5) is 14.5. The molecule has 0 radical (unpaired) electrons. The summed E-state index contributed by atoms with van der Waals surface area (Å²) in [6.45, 7) is 1.90. The third-order valence-corrected chi connectivity index (χ3v) is 4.42. The predicted molar refractivity (Wildman–Crippen MR) is 98.5 cm³/mol. The van der Waals surface area contributed by atoms with Crippen LogP contribution in [0.5, 0.6) is 5.75 Å². The minimum atomic E-state index is -0.238. The first-order valence-electron chi connectivity index (χ1n) is 7.85. The molecule has 126 valence electrons. The molecule has 0 unspecified atom stereocenters. The van der Waals surface area contributed by atoms with Gasteiger partial charge in [-0.25, -0.2) is 0 Å². The van der Waals surface area contributed by atoms with Gasteiger partial charge in [-0.3, -0.25) is 4.79 Å². The molecule has 24 heavy (non-hydrogen) atoms. The van der Waals surface area contributed by atoms with Gasteiger partial charge in [0.2, 0.25) is 0 Å². The number of hydrogen-bond acceptors (Lipinski definition) is 3. The zero-order valence-electron chi connectivity index (χ0n) is 13.1. The van der Waals surface area contributed by atoms with Gasteiger partial charge < -0.3 is 15.0 Å². The zero-order chi connectivity index (χ0) is 16.9. The molecular weight excluding hydrogens is 347 g/mol. The first-order valence-corrected chi connectivity index (χ1v) is 8.61. The van der Waals surface area contributed by atoms with Gasteiger partial charge in [-0.05, 0) is 37.1 Å². The van der Waals surface area contributed by atoms with Crippen molar-refractivity contribution in [3.63, 3.8) is 0 Å². The first kappa shape index (κ1) is 16.9. The molecular formula is C18H18Cl2N2O2. The van der Waals surface area contributed by atoms with E-state index in [1.807, 2.05) is 24.3 Å². The maximum absolute atomic E-state index is 12.2. The number of rotatable bonds is 5. The topological polar surface area (TPSA) is 41.6 Å². The fourth-order valence-corrected chi connectivity index (χ4v) is 3.06. The van der Waals surface area contributed by atoms with Gasteiger partial charge in [0.15, 0.2) is 6.61 Å². The highest BCUT2D eigenvalue weighted by atomic mass is 35.5. The molecule has 2 aromatic rings. The molecule has 1 fully saturated rings. The molecule has 0 spiro atoms. The third kappa shape index (κ3) is 4.13. The molecule has 1 aliphatic heterocycles. The first-order chi connectivity index (χ1) is 11.6. The van der Waals surface area contributed by atoms with E-state index in [2.05, 4.69) is 10.2 Å². The number of carbonyl (C=O) groups is 1. The van der Waals surface area contributed by atoms with Crippen LogP contribution in [0.25, 0.3) is 0 Å². The highest BCUT2D eigenvalue weighted by Crippen LogP contribution is 2.29. The maximum atomic E-state index is 12.2. The van der Waals surface area contributed by atoms with E-state index in [1.165, 1.54) is 12.8 Å². The molecule has 4 nitrogen and oxygen atoms in total. The Labute approximate surface area is 151 Å². The number of benzene rings is 2. The van der Waals surface area contributed by atoms with E-state index in [0.717, 1.165) is 24.5 Å². The van der Waals surface area contributed by atoms with Crippen molar-refractivity contribution in [3.8, 4) is 5.75 Å². The lowest BCUT2D eigenvalue weighted by molar-refractivity contribution is -0.118. The van der Waals surface area contributed by atoms with Crippen molar-refractivity contribution in [2.24, 2.45) is 0 Å². The van der Waals surface area contributed by atoms with Crippen molar-refractivity contribution in [2.75, 3.05) is 29.9 Å². The number of hydrogen-bond donors (Lipinski definition) is 1. The van der Waals surface area contributed by atoms with Crippen LogP contribution >= 0.6 is 23.2 Å². The SMILES string of the molecule is O=C(COc1cc(Cl)ccc1Cl)Nc1ccccc1N1CCCC1. The third-order valence-electron chi connectivity index (χ3n) is 3.88. The Kier molecular flexibility index (Phi) is 5.48. The maximum Gasteiger partial charge on any atom is 0.262 e. The number of ether oxygens (including phenoxy) is 1. The lowest BCUT2D eigenvalue weighted by atomic mass is 10.2. The van der Waals surface area contributed by atoms with Crippen molar-refractivity contribution < 1.29 is 9.53 Å². The van der Waals surface area contributed by atoms with E-state index in [-0.39, 0.29) is 12.5 Å². The van der Waals surface area contributed by atoms with E-state index < -0.39 is 0 Å². The molecule has 1 heterocycles. The monoisotopic (exact) mass is 364 g/mol. The van der Waals surface area contributed by atoms with Crippen LogP contribution in [0.2, 0.25) is 10.0 Å². The molecule has 0 aliphatic carbocycles. The van der Waals surface area contributed by atoms with Gasteiger partial charge in [0.05, 0.1) is 16.4 Å². The van der Waals surface area contributed by atoms with Crippen molar-refractivity contribution in [2.45, 2.75) is 12.8 Å². The Hall–Kier alpha value is -1.91. The largest absolute Gasteiger partial charge is 0.482 e. The minimum absolute atomic E-state index is 0.131. The second kappa shape index (κ2) is 7.77. The van der Waals surface area contributed by atoms with Gasteiger partial charge >= 0.3 is 0 Å². The normalized spacial score (nSPS) is 13.8. The fourth-order valence-electron chi connectivity index (χ4n) is 2.73. The van der Waals surface area contributed by atoms with E-state index >= 15 is 0 Å². The molecule has 1 amide bonds. The zero-order valence-corrected chi connectivity index (χ0v) is 14.6. The van der Waals surface area contributed by atoms with Crippen LogP contribution in [0.1, 0.15) is 12.8 Å². The van der Waals surface area contributed by atoms with Crippen LogP contribution in [-0.4, -0.2) is 25.6 Å². The summed E-state index contributed by atoms with van der Waals surface area (Å²) < 4.78 is 5.47. The Morgan fingerprint density at radius 2 is 1.88 bits per heavy atom. The van der Waals surface area contributed by atoms with Gasteiger partial charge in [0.25, 0.3) is 5.91 Å². The molecule has 1 saturated heterocycles. The van der Waals surface area contributed by atoms with E-state index in [4.69, 9.17) is 27.9 Å². The standard InChI is InChI=1S/C18H18Cl2N2O2/c19-13-7-8-14(20)17(11-13)24-12-18(23)21-15-5-1-2-6-16(15)22-9-3-4-10-22/h1-2,5-8,11H,3-4,9-10,12H2,(H,21,23). The minimum Gasteiger partial charge on any atom is -0.482 e. The molecule has 0 saturated carbocycles.